The SMILES string of the molecule is CCc1nc(C(N)=O)c(Nc2ccc(N3CCN(C)CC3)cc2)nc1Oc1cccc(N)c1F. The maximum atomic E-state index is 14.4. The zero-order chi connectivity index (χ0) is 24.2. The number of carbonyl (C=O) groups is 1. The number of benzene rings is 2. The number of piperazine rings is 1. The number of nitrogens with two attached hydrogens (primary N) is 2. The minimum atomic E-state index is -0.736. The van der Waals surface area contributed by atoms with Crippen molar-refractivity contribution in [3.05, 3.63) is 59.7 Å². The molecule has 0 atom stereocenters. The summed E-state index contributed by atoms with van der Waals surface area (Å²) < 4.78 is 20.1. The van der Waals surface area contributed by atoms with Crippen molar-refractivity contribution < 1.29 is 13.9 Å². The number of nitrogen functional groups attached to an aromatic ring is 1. The monoisotopic (exact) mass is 465 g/mol. The lowest BCUT2D eigenvalue weighted by Gasteiger charge is -2.34. The Morgan fingerprint density at radius 1 is 1.12 bits per heavy atom. The lowest BCUT2D eigenvalue weighted by atomic mass is 10.2. The van der Waals surface area contributed by atoms with Crippen molar-refractivity contribution in [2.45, 2.75) is 13.3 Å². The summed E-state index contributed by atoms with van der Waals surface area (Å²) in [4.78, 5) is 25.5. The summed E-state index contributed by atoms with van der Waals surface area (Å²) >= 11 is 0. The molecule has 1 aliphatic rings. The Morgan fingerprint density at radius 2 is 1.82 bits per heavy atom. The molecule has 0 unspecified atom stereocenters. The van der Waals surface area contributed by atoms with Crippen molar-refractivity contribution in [2.24, 2.45) is 5.73 Å². The molecule has 2 aromatic carbocycles. The van der Waals surface area contributed by atoms with Gasteiger partial charge >= 0.3 is 0 Å². The number of aromatic nitrogens is 2. The first-order valence-electron chi connectivity index (χ1n) is 11.1. The van der Waals surface area contributed by atoms with E-state index in [2.05, 4.69) is 32.1 Å². The molecule has 0 aliphatic carbocycles. The molecule has 4 rings (SSSR count). The number of nitrogens with zero attached hydrogens (tertiary/aromatic N) is 4. The first kappa shape index (κ1) is 23.2. The van der Waals surface area contributed by atoms with E-state index in [9.17, 15) is 9.18 Å². The van der Waals surface area contributed by atoms with Gasteiger partial charge in [0.05, 0.1) is 5.69 Å². The highest BCUT2D eigenvalue weighted by Crippen LogP contribution is 2.31. The molecule has 0 radical (unpaired) electrons. The maximum absolute atomic E-state index is 14.4. The van der Waals surface area contributed by atoms with Gasteiger partial charge in [0.25, 0.3) is 5.91 Å². The van der Waals surface area contributed by atoms with E-state index in [0.717, 1.165) is 31.9 Å². The van der Waals surface area contributed by atoms with Gasteiger partial charge in [0.2, 0.25) is 5.88 Å². The van der Waals surface area contributed by atoms with Crippen LogP contribution in [-0.2, 0) is 6.42 Å². The van der Waals surface area contributed by atoms with Gasteiger partial charge in [-0.3, -0.25) is 4.79 Å². The summed E-state index contributed by atoms with van der Waals surface area (Å²) in [6, 6.07) is 12.3. The van der Waals surface area contributed by atoms with Crippen LogP contribution in [0.5, 0.6) is 11.6 Å². The second kappa shape index (κ2) is 9.92. The Labute approximate surface area is 197 Å². The van der Waals surface area contributed by atoms with Crippen molar-refractivity contribution in [1.29, 1.82) is 0 Å². The number of nitrogens with one attached hydrogen (secondary N) is 1. The van der Waals surface area contributed by atoms with Crippen LogP contribution >= 0.6 is 0 Å². The third kappa shape index (κ3) is 5.01. The molecule has 1 aromatic heterocycles. The minimum absolute atomic E-state index is 0.0274. The van der Waals surface area contributed by atoms with Gasteiger partial charge in [0.15, 0.2) is 23.1 Å². The van der Waals surface area contributed by atoms with E-state index in [1.165, 1.54) is 12.1 Å². The molecule has 10 heteroatoms. The lowest BCUT2D eigenvalue weighted by Crippen LogP contribution is -2.44. The van der Waals surface area contributed by atoms with Crippen LogP contribution in [0.1, 0.15) is 23.1 Å². The number of ether oxygens (including phenoxy) is 1. The summed E-state index contributed by atoms with van der Waals surface area (Å²) in [5.41, 5.74) is 13.3. The molecule has 3 aromatic rings. The van der Waals surface area contributed by atoms with Crippen LogP contribution in [0, 0.1) is 5.82 Å². The average Bonchev–Trinajstić information content (AvgIpc) is 2.83. The van der Waals surface area contributed by atoms with Gasteiger partial charge < -0.3 is 31.3 Å². The van der Waals surface area contributed by atoms with Gasteiger partial charge in [-0.15, -0.1) is 0 Å². The molecule has 1 saturated heterocycles. The van der Waals surface area contributed by atoms with E-state index in [1.54, 1.807) is 6.07 Å². The zero-order valence-corrected chi connectivity index (χ0v) is 19.2. The van der Waals surface area contributed by atoms with E-state index in [0.29, 0.717) is 17.8 Å². The third-order valence-corrected chi connectivity index (χ3v) is 5.70. The number of halogens is 1. The second-order valence-electron chi connectivity index (χ2n) is 8.11. The van der Waals surface area contributed by atoms with Crippen LogP contribution in [0.25, 0.3) is 0 Å². The molecule has 2 heterocycles. The Kier molecular flexibility index (Phi) is 6.78. The molecule has 9 nitrogen and oxygen atoms in total. The van der Waals surface area contributed by atoms with Crippen molar-refractivity contribution >= 4 is 28.8 Å². The molecule has 1 amide bonds. The van der Waals surface area contributed by atoms with Gasteiger partial charge in [-0.05, 0) is 49.9 Å². The first-order valence-corrected chi connectivity index (χ1v) is 11.1. The number of aryl methyl sites for hydroxylation is 1. The van der Waals surface area contributed by atoms with Crippen molar-refractivity contribution in [1.82, 2.24) is 14.9 Å². The number of likely N-dealkylation sites (N-methyl/N-ethyl adjacent to an activating group) is 1. The van der Waals surface area contributed by atoms with Crippen LogP contribution in [0.15, 0.2) is 42.5 Å². The molecule has 0 saturated carbocycles. The molecular formula is C24H28FN7O2. The second-order valence-corrected chi connectivity index (χ2v) is 8.11. The zero-order valence-electron chi connectivity index (χ0n) is 19.2. The molecule has 34 heavy (non-hydrogen) atoms. The Hall–Kier alpha value is -3.92. The minimum Gasteiger partial charge on any atom is -0.434 e. The molecule has 1 aliphatic heterocycles. The third-order valence-electron chi connectivity index (χ3n) is 5.70. The molecule has 5 N–H and O–H groups in total. The number of rotatable bonds is 7. The Morgan fingerprint density at radius 3 is 2.47 bits per heavy atom. The van der Waals surface area contributed by atoms with Crippen LogP contribution in [0.2, 0.25) is 0 Å². The fourth-order valence-corrected chi connectivity index (χ4v) is 3.69. The predicted molar refractivity (Wildman–Crippen MR) is 130 cm³/mol. The highest BCUT2D eigenvalue weighted by Gasteiger charge is 2.20. The maximum Gasteiger partial charge on any atom is 0.271 e. The number of anilines is 4. The van der Waals surface area contributed by atoms with Crippen molar-refractivity contribution in [2.75, 3.05) is 49.2 Å². The summed E-state index contributed by atoms with van der Waals surface area (Å²) in [5, 5.41) is 3.09. The smallest absolute Gasteiger partial charge is 0.271 e. The highest BCUT2D eigenvalue weighted by atomic mass is 19.1. The molecule has 0 bridgehead atoms. The molecular weight excluding hydrogens is 437 g/mol. The van der Waals surface area contributed by atoms with Crippen LogP contribution in [0.4, 0.5) is 27.3 Å². The standard InChI is InChI=1S/C24H28FN7O2/c1-3-18-24(34-19-6-4-5-17(26)20(19)25)30-23(21(29-18)22(27)33)28-15-7-9-16(10-8-15)32-13-11-31(2)12-14-32/h4-10H,3,11-14,26H2,1-2H3,(H2,27,33)(H,28,30). The normalized spacial score (nSPS) is 14.1. The van der Waals surface area contributed by atoms with Gasteiger partial charge in [-0.25, -0.2) is 9.37 Å². The van der Waals surface area contributed by atoms with Crippen molar-refractivity contribution in [3.8, 4) is 11.6 Å². The number of primary amides is 1. The Bertz CT molecular complexity index is 1180. The fourth-order valence-electron chi connectivity index (χ4n) is 3.69. The van der Waals surface area contributed by atoms with Gasteiger partial charge in [0.1, 0.15) is 5.69 Å². The van der Waals surface area contributed by atoms with E-state index < -0.39 is 11.7 Å². The molecule has 178 valence electrons. The topological polar surface area (TPSA) is 123 Å². The van der Waals surface area contributed by atoms with Crippen LogP contribution in [-0.4, -0.2) is 54.0 Å². The van der Waals surface area contributed by atoms with E-state index in [1.807, 2.05) is 31.2 Å². The van der Waals surface area contributed by atoms with E-state index in [4.69, 9.17) is 16.2 Å². The summed E-state index contributed by atoms with van der Waals surface area (Å²) in [6.07, 6.45) is 0.395. The molecule has 1 fully saturated rings. The number of amides is 1. The fraction of sp³-hybridized carbons (Fsp3) is 0.292. The summed E-state index contributed by atoms with van der Waals surface area (Å²) in [7, 11) is 2.12. The lowest BCUT2D eigenvalue weighted by molar-refractivity contribution is 0.0996. The number of carbonyl (C=O) groups excluding carboxylic acids is 1. The van der Waals surface area contributed by atoms with Gasteiger partial charge in [-0.1, -0.05) is 13.0 Å². The predicted octanol–water partition coefficient (Wildman–Crippen LogP) is 3.15. The highest BCUT2D eigenvalue weighted by molar-refractivity contribution is 5.96. The van der Waals surface area contributed by atoms with Crippen LogP contribution < -0.4 is 26.4 Å². The van der Waals surface area contributed by atoms with Gasteiger partial charge in [-0.2, -0.15) is 4.98 Å². The molecule has 0 spiro atoms. The number of hydrogen-bond acceptors (Lipinski definition) is 8. The van der Waals surface area contributed by atoms with E-state index in [-0.39, 0.29) is 28.8 Å². The van der Waals surface area contributed by atoms with E-state index >= 15 is 0 Å². The quantitative estimate of drug-likeness (QED) is 0.455. The Balaban J connectivity index is 1.62. The average molecular weight is 466 g/mol. The number of hydrogen-bond donors (Lipinski definition) is 3. The summed E-state index contributed by atoms with van der Waals surface area (Å²) in [6.45, 7) is 5.76. The summed E-state index contributed by atoms with van der Waals surface area (Å²) in [5.74, 6) is -1.33. The first-order chi connectivity index (χ1) is 16.4. The van der Waals surface area contributed by atoms with Crippen molar-refractivity contribution in [3.63, 3.8) is 0 Å². The van der Waals surface area contributed by atoms with Gasteiger partial charge in [0, 0.05) is 37.6 Å². The van der Waals surface area contributed by atoms with Crippen LogP contribution in [0.3, 0.4) is 0 Å². The largest absolute Gasteiger partial charge is 0.434 e.